The predicted octanol–water partition coefficient (Wildman–Crippen LogP) is 5.24. The van der Waals surface area contributed by atoms with Crippen molar-refractivity contribution in [3.63, 3.8) is 0 Å². The SMILES string of the molecule is Cc1ccc(C#Cc2ccc(C#Cc3ccc(C)cc3F)cc2)cc1. The van der Waals surface area contributed by atoms with E-state index >= 15 is 0 Å². The monoisotopic (exact) mass is 324 g/mol. The van der Waals surface area contributed by atoms with Crippen LogP contribution in [0.15, 0.2) is 66.7 Å². The van der Waals surface area contributed by atoms with Gasteiger partial charge in [0.15, 0.2) is 0 Å². The van der Waals surface area contributed by atoms with E-state index in [0.29, 0.717) is 5.56 Å². The number of halogens is 1. The third-order valence-corrected chi connectivity index (χ3v) is 3.75. The summed E-state index contributed by atoms with van der Waals surface area (Å²) in [6.07, 6.45) is 0. The first-order chi connectivity index (χ1) is 12.1. The van der Waals surface area contributed by atoms with E-state index in [-0.39, 0.29) is 5.82 Å². The highest BCUT2D eigenvalue weighted by Crippen LogP contribution is 2.09. The minimum Gasteiger partial charge on any atom is -0.206 e. The molecule has 3 aromatic carbocycles. The van der Waals surface area contributed by atoms with E-state index in [1.54, 1.807) is 6.07 Å². The van der Waals surface area contributed by atoms with Gasteiger partial charge >= 0.3 is 0 Å². The summed E-state index contributed by atoms with van der Waals surface area (Å²) in [5.41, 5.74) is 5.27. The second-order valence-corrected chi connectivity index (χ2v) is 5.93. The van der Waals surface area contributed by atoms with Crippen LogP contribution in [0.4, 0.5) is 4.39 Å². The van der Waals surface area contributed by atoms with Crippen LogP contribution >= 0.6 is 0 Å². The molecule has 0 fully saturated rings. The molecule has 25 heavy (non-hydrogen) atoms. The third kappa shape index (κ3) is 4.60. The number of hydrogen-bond donors (Lipinski definition) is 0. The minimum absolute atomic E-state index is 0.284. The number of rotatable bonds is 0. The molecule has 0 heterocycles. The average Bonchev–Trinajstić information content (AvgIpc) is 2.61. The van der Waals surface area contributed by atoms with Crippen molar-refractivity contribution in [2.45, 2.75) is 13.8 Å². The highest BCUT2D eigenvalue weighted by Gasteiger charge is 1.98. The fraction of sp³-hybridized carbons (Fsp3) is 0.0833. The molecule has 0 amide bonds. The highest BCUT2D eigenvalue weighted by atomic mass is 19.1. The Morgan fingerprint density at radius 1 is 0.560 bits per heavy atom. The molecule has 0 saturated heterocycles. The van der Waals surface area contributed by atoms with E-state index in [1.807, 2.05) is 61.5 Å². The van der Waals surface area contributed by atoms with Crippen LogP contribution < -0.4 is 0 Å². The Balaban J connectivity index is 1.75. The number of benzene rings is 3. The van der Waals surface area contributed by atoms with Crippen LogP contribution in [0.3, 0.4) is 0 Å². The van der Waals surface area contributed by atoms with E-state index in [2.05, 4.69) is 30.6 Å². The lowest BCUT2D eigenvalue weighted by Crippen LogP contribution is -1.85. The van der Waals surface area contributed by atoms with Crippen molar-refractivity contribution in [3.8, 4) is 23.7 Å². The Labute approximate surface area is 148 Å². The molecule has 0 N–H and O–H groups in total. The average molecular weight is 324 g/mol. The molecule has 0 bridgehead atoms. The zero-order valence-corrected chi connectivity index (χ0v) is 14.2. The molecule has 0 aromatic heterocycles. The Morgan fingerprint density at radius 3 is 1.52 bits per heavy atom. The first kappa shape index (κ1) is 16.6. The molecule has 0 atom stereocenters. The van der Waals surface area contributed by atoms with Crippen LogP contribution in [0.5, 0.6) is 0 Å². The summed E-state index contributed by atoms with van der Waals surface area (Å²) in [7, 11) is 0. The fourth-order valence-electron chi connectivity index (χ4n) is 2.28. The number of hydrogen-bond acceptors (Lipinski definition) is 0. The van der Waals surface area contributed by atoms with Crippen LogP contribution in [0.2, 0.25) is 0 Å². The van der Waals surface area contributed by atoms with Gasteiger partial charge in [-0.25, -0.2) is 4.39 Å². The van der Waals surface area contributed by atoms with Gasteiger partial charge in [-0.05, 0) is 67.9 Å². The van der Waals surface area contributed by atoms with E-state index in [9.17, 15) is 4.39 Å². The summed E-state index contributed by atoms with van der Waals surface area (Å²) in [6, 6.07) is 20.8. The minimum atomic E-state index is -0.284. The lowest BCUT2D eigenvalue weighted by atomic mass is 10.1. The van der Waals surface area contributed by atoms with Crippen molar-refractivity contribution in [3.05, 3.63) is 106 Å². The Kier molecular flexibility index (Phi) is 4.98. The maximum atomic E-state index is 13.8. The molecule has 0 spiro atoms. The summed E-state index contributed by atoms with van der Waals surface area (Å²) in [4.78, 5) is 0. The zero-order chi connectivity index (χ0) is 17.6. The van der Waals surface area contributed by atoms with Crippen molar-refractivity contribution in [2.75, 3.05) is 0 Å². The van der Waals surface area contributed by atoms with Crippen molar-refractivity contribution in [1.29, 1.82) is 0 Å². The van der Waals surface area contributed by atoms with Gasteiger partial charge in [0.1, 0.15) is 5.82 Å². The maximum absolute atomic E-state index is 13.8. The van der Waals surface area contributed by atoms with Gasteiger partial charge in [-0.1, -0.05) is 47.4 Å². The lowest BCUT2D eigenvalue weighted by molar-refractivity contribution is 0.623. The summed E-state index contributed by atoms with van der Waals surface area (Å²) >= 11 is 0. The molecule has 0 saturated carbocycles. The van der Waals surface area contributed by atoms with Crippen molar-refractivity contribution < 1.29 is 4.39 Å². The van der Waals surface area contributed by atoms with Crippen molar-refractivity contribution >= 4 is 0 Å². The molecule has 0 radical (unpaired) electrons. The van der Waals surface area contributed by atoms with E-state index in [1.165, 1.54) is 11.6 Å². The summed E-state index contributed by atoms with van der Waals surface area (Å²) in [6.45, 7) is 3.91. The van der Waals surface area contributed by atoms with Crippen LogP contribution in [0.1, 0.15) is 33.4 Å². The molecule has 120 valence electrons. The second kappa shape index (κ2) is 7.52. The van der Waals surface area contributed by atoms with Crippen molar-refractivity contribution in [1.82, 2.24) is 0 Å². The molecular weight excluding hydrogens is 307 g/mol. The van der Waals surface area contributed by atoms with Crippen LogP contribution in [0, 0.1) is 43.3 Å². The molecule has 0 unspecified atom stereocenters. The van der Waals surface area contributed by atoms with Gasteiger partial charge in [-0.15, -0.1) is 0 Å². The largest absolute Gasteiger partial charge is 0.206 e. The maximum Gasteiger partial charge on any atom is 0.139 e. The summed E-state index contributed by atoms with van der Waals surface area (Å²) in [5.74, 6) is 11.9. The Hall–Kier alpha value is -3.29. The Bertz CT molecular complexity index is 1000. The fourth-order valence-corrected chi connectivity index (χ4v) is 2.28. The van der Waals surface area contributed by atoms with Gasteiger partial charge in [-0.2, -0.15) is 0 Å². The molecule has 0 aliphatic rings. The van der Waals surface area contributed by atoms with Gasteiger partial charge in [0.25, 0.3) is 0 Å². The topological polar surface area (TPSA) is 0 Å². The molecule has 0 aliphatic heterocycles. The molecule has 1 heteroatoms. The molecule has 0 aliphatic carbocycles. The first-order valence-electron chi connectivity index (χ1n) is 8.07. The van der Waals surface area contributed by atoms with Gasteiger partial charge < -0.3 is 0 Å². The quantitative estimate of drug-likeness (QED) is 0.496. The molecule has 0 nitrogen and oxygen atoms in total. The Morgan fingerprint density at radius 2 is 1.00 bits per heavy atom. The first-order valence-corrected chi connectivity index (χ1v) is 8.07. The van der Waals surface area contributed by atoms with Gasteiger partial charge in [0.2, 0.25) is 0 Å². The molecule has 3 aromatic rings. The molecular formula is C24H17F. The van der Waals surface area contributed by atoms with E-state index < -0.39 is 0 Å². The molecule has 3 rings (SSSR count). The zero-order valence-electron chi connectivity index (χ0n) is 14.2. The van der Waals surface area contributed by atoms with Gasteiger partial charge in [0, 0.05) is 16.7 Å². The van der Waals surface area contributed by atoms with E-state index in [0.717, 1.165) is 22.3 Å². The second-order valence-electron chi connectivity index (χ2n) is 5.93. The van der Waals surface area contributed by atoms with E-state index in [4.69, 9.17) is 0 Å². The van der Waals surface area contributed by atoms with Crippen LogP contribution in [0.25, 0.3) is 0 Å². The smallest absolute Gasteiger partial charge is 0.139 e. The van der Waals surface area contributed by atoms with Gasteiger partial charge in [-0.3, -0.25) is 0 Å². The normalized spacial score (nSPS) is 9.56. The van der Waals surface area contributed by atoms with Crippen molar-refractivity contribution in [2.24, 2.45) is 0 Å². The predicted molar refractivity (Wildman–Crippen MR) is 101 cm³/mol. The summed E-state index contributed by atoms with van der Waals surface area (Å²) in [5, 5.41) is 0. The standard InChI is InChI=1S/C24H17F/c1-18-3-6-20(7-4-18)8-9-21-10-12-22(13-11-21)14-16-23-15-5-19(2)17-24(23)25/h3-7,10-13,15,17H,1-2H3. The van der Waals surface area contributed by atoms with Crippen LogP contribution in [-0.2, 0) is 0 Å². The number of aryl methyl sites for hydroxylation is 2. The van der Waals surface area contributed by atoms with Gasteiger partial charge in [0.05, 0.1) is 5.56 Å². The van der Waals surface area contributed by atoms with Crippen LogP contribution in [-0.4, -0.2) is 0 Å². The summed E-state index contributed by atoms with van der Waals surface area (Å²) < 4.78 is 13.8. The lowest BCUT2D eigenvalue weighted by Gasteiger charge is -1.96. The third-order valence-electron chi connectivity index (χ3n) is 3.75. The highest BCUT2D eigenvalue weighted by molar-refractivity contribution is 5.48.